The molecule has 0 radical (unpaired) electrons. The fraction of sp³-hybridized carbons (Fsp3) is 0. The molecule has 0 aliphatic rings. The molecule has 0 fully saturated rings. The number of hydrogen-bond donors (Lipinski definition) is 4. The van der Waals surface area contributed by atoms with Gasteiger partial charge in [-0.3, -0.25) is 0 Å². The molecule has 0 bridgehead atoms. The fourth-order valence-electron chi connectivity index (χ4n) is 0.581. The first kappa shape index (κ1) is 6.19. The van der Waals surface area contributed by atoms with Gasteiger partial charge in [0.1, 0.15) is 5.75 Å². The Balaban J connectivity index is 2.94. The number of aromatic amines is 1. The normalized spacial score (nSPS) is 9.56. The number of nitrogens with one attached hydrogen (secondary N) is 1. The van der Waals surface area contributed by atoms with Gasteiger partial charge in [0, 0.05) is 6.20 Å². The van der Waals surface area contributed by atoms with Crippen LogP contribution in [0.1, 0.15) is 0 Å². The molecule has 0 amide bonds. The second-order valence-corrected chi connectivity index (χ2v) is 1.65. The summed E-state index contributed by atoms with van der Waals surface area (Å²) in [5.74, 6) is -0.134. The van der Waals surface area contributed by atoms with Gasteiger partial charge in [0.2, 0.25) is 0 Å². The van der Waals surface area contributed by atoms with Crippen molar-refractivity contribution in [1.82, 2.24) is 4.98 Å². The van der Waals surface area contributed by atoms with E-state index in [-0.39, 0.29) is 11.3 Å². The third-order valence-corrected chi connectivity index (χ3v) is 1.01. The highest BCUT2D eigenvalue weighted by molar-refractivity contribution is 6.58. The molecule has 0 aliphatic carbocycles. The minimum absolute atomic E-state index is 0.0231. The third-order valence-electron chi connectivity index (χ3n) is 1.01. The molecule has 1 aromatic rings. The molecule has 0 spiro atoms. The van der Waals surface area contributed by atoms with Crippen molar-refractivity contribution in [2.75, 3.05) is 0 Å². The maximum Gasteiger partial charge on any atom is 0.509 e. The molecule has 4 nitrogen and oxygen atoms in total. The highest BCUT2D eigenvalue weighted by atomic mass is 16.4. The number of rotatable bonds is 1. The van der Waals surface area contributed by atoms with Crippen molar-refractivity contribution in [1.29, 1.82) is 0 Å². The first-order valence-corrected chi connectivity index (χ1v) is 2.44. The second kappa shape index (κ2) is 2.12. The molecular weight excluding hydrogens is 121 g/mol. The largest absolute Gasteiger partial charge is 0.509 e. The van der Waals surface area contributed by atoms with Gasteiger partial charge in [0.05, 0.1) is 5.59 Å². The molecule has 0 saturated heterocycles. The molecule has 0 saturated carbocycles. The van der Waals surface area contributed by atoms with E-state index in [1.165, 1.54) is 12.3 Å². The summed E-state index contributed by atoms with van der Waals surface area (Å²) in [5.41, 5.74) is 0.0231. The number of aromatic hydroxyl groups is 1. The third kappa shape index (κ3) is 1.06. The van der Waals surface area contributed by atoms with Crippen LogP contribution in [0, 0.1) is 0 Å². The first-order chi connectivity index (χ1) is 4.22. The topological polar surface area (TPSA) is 76.5 Å². The minimum Gasteiger partial charge on any atom is -0.507 e. The van der Waals surface area contributed by atoms with Crippen LogP contribution in [0.3, 0.4) is 0 Å². The summed E-state index contributed by atoms with van der Waals surface area (Å²) >= 11 is 0. The van der Waals surface area contributed by atoms with Crippen molar-refractivity contribution in [3.05, 3.63) is 12.3 Å². The van der Waals surface area contributed by atoms with Crippen LogP contribution in [0.2, 0.25) is 0 Å². The van der Waals surface area contributed by atoms with Gasteiger partial charge in [-0.2, -0.15) is 0 Å². The summed E-state index contributed by atoms with van der Waals surface area (Å²) in [4.78, 5) is 2.45. The summed E-state index contributed by atoms with van der Waals surface area (Å²) < 4.78 is 0. The van der Waals surface area contributed by atoms with Crippen LogP contribution in [0.25, 0.3) is 0 Å². The standard InChI is InChI=1S/C4H6BNO3/c7-3-1-2-6-4(3)5(8)9/h1-2,6-9H. The average Bonchev–Trinajstić information content (AvgIpc) is 2.13. The molecular formula is C4H6BNO3. The second-order valence-electron chi connectivity index (χ2n) is 1.65. The quantitative estimate of drug-likeness (QED) is 0.343. The van der Waals surface area contributed by atoms with E-state index in [4.69, 9.17) is 15.2 Å². The van der Waals surface area contributed by atoms with E-state index in [0.717, 1.165) is 0 Å². The van der Waals surface area contributed by atoms with Crippen LogP contribution in [-0.2, 0) is 0 Å². The summed E-state index contributed by atoms with van der Waals surface area (Å²) in [7, 11) is -1.63. The summed E-state index contributed by atoms with van der Waals surface area (Å²) in [6.07, 6.45) is 1.42. The molecule has 1 heterocycles. The molecule has 48 valence electrons. The summed E-state index contributed by atoms with van der Waals surface area (Å²) in [6, 6.07) is 1.34. The smallest absolute Gasteiger partial charge is 0.507 e. The van der Waals surface area contributed by atoms with Gasteiger partial charge in [0.15, 0.2) is 0 Å². The molecule has 1 rings (SSSR count). The molecule has 1 aromatic heterocycles. The predicted octanol–water partition coefficient (Wildman–Crippen LogP) is -1.60. The predicted molar refractivity (Wildman–Crippen MR) is 32.3 cm³/mol. The maximum atomic E-state index is 8.77. The van der Waals surface area contributed by atoms with Gasteiger partial charge < -0.3 is 20.1 Å². The van der Waals surface area contributed by atoms with Gasteiger partial charge in [-0.25, -0.2) is 0 Å². The van der Waals surface area contributed by atoms with Crippen LogP contribution < -0.4 is 5.59 Å². The summed E-state index contributed by atoms with van der Waals surface area (Å²) in [5, 5.41) is 25.7. The van der Waals surface area contributed by atoms with Crippen molar-refractivity contribution in [2.24, 2.45) is 0 Å². The number of H-pyrrole nitrogens is 1. The SMILES string of the molecule is OB(O)c1[nH]ccc1O. The van der Waals surface area contributed by atoms with Crippen molar-refractivity contribution in [3.63, 3.8) is 0 Å². The Morgan fingerprint density at radius 2 is 2.11 bits per heavy atom. The Morgan fingerprint density at radius 3 is 2.33 bits per heavy atom. The Kier molecular flexibility index (Phi) is 1.46. The zero-order chi connectivity index (χ0) is 6.85. The average molecular weight is 127 g/mol. The molecule has 4 N–H and O–H groups in total. The summed E-state index contributed by atoms with van der Waals surface area (Å²) in [6.45, 7) is 0. The van der Waals surface area contributed by atoms with Crippen molar-refractivity contribution in [3.8, 4) is 5.75 Å². The van der Waals surface area contributed by atoms with Crippen molar-refractivity contribution >= 4 is 12.7 Å². The van der Waals surface area contributed by atoms with Crippen LogP contribution in [0.15, 0.2) is 12.3 Å². The highest BCUT2D eigenvalue weighted by Gasteiger charge is 2.15. The van der Waals surface area contributed by atoms with Crippen LogP contribution in [0.4, 0.5) is 0 Å². The molecule has 0 unspecified atom stereocenters. The van der Waals surface area contributed by atoms with Gasteiger partial charge >= 0.3 is 7.12 Å². The fourth-order valence-corrected chi connectivity index (χ4v) is 0.581. The van der Waals surface area contributed by atoms with E-state index >= 15 is 0 Å². The maximum absolute atomic E-state index is 8.77. The molecule has 0 aromatic carbocycles. The lowest BCUT2D eigenvalue weighted by molar-refractivity contribution is 0.418. The zero-order valence-corrected chi connectivity index (χ0v) is 4.57. The monoisotopic (exact) mass is 127 g/mol. The van der Waals surface area contributed by atoms with Crippen molar-refractivity contribution < 1.29 is 15.2 Å². The number of aromatic nitrogens is 1. The molecule has 0 aliphatic heterocycles. The van der Waals surface area contributed by atoms with Crippen LogP contribution in [0.5, 0.6) is 5.75 Å². The van der Waals surface area contributed by atoms with Gasteiger partial charge in [-0.15, -0.1) is 0 Å². The van der Waals surface area contributed by atoms with Crippen LogP contribution in [-0.4, -0.2) is 27.3 Å². The van der Waals surface area contributed by atoms with E-state index in [9.17, 15) is 0 Å². The molecule has 9 heavy (non-hydrogen) atoms. The number of hydrogen-bond acceptors (Lipinski definition) is 3. The van der Waals surface area contributed by atoms with Gasteiger partial charge in [-0.05, 0) is 6.07 Å². The van der Waals surface area contributed by atoms with E-state index in [2.05, 4.69) is 4.98 Å². The highest BCUT2D eigenvalue weighted by Crippen LogP contribution is 2.00. The van der Waals surface area contributed by atoms with E-state index in [0.29, 0.717) is 0 Å². The van der Waals surface area contributed by atoms with Crippen LogP contribution >= 0.6 is 0 Å². The lowest BCUT2D eigenvalue weighted by atomic mass is 9.86. The zero-order valence-electron chi connectivity index (χ0n) is 4.57. The minimum atomic E-state index is -1.63. The Hall–Kier alpha value is -0.935. The molecule has 5 heteroatoms. The lowest BCUT2D eigenvalue weighted by Crippen LogP contribution is -2.30. The van der Waals surface area contributed by atoms with Gasteiger partial charge in [-0.1, -0.05) is 0 Å². The van der Waals surface area contributed by atoms with E-state index in [1.54, 1.807) is 0 Å². The van der Waals surface area contributed by atoms with E-state index < -0.39 is 7.12 Å². The van der Waals surface area contributed by atoms with Gasteiger partial charge in [0.25, 0.3) is 0 Å². The Bertz CT molecular complexity index is 197. The van der Waals surface area contributed by atoms with E-state index in [1.807, 2.05) is 0 Å². The lowest BCUT2D eigenvalue weighted by Gasteiger charge is -1.92. The Morgan fingerprint density at radius 1 is 1.44 bits per heavy atom. The van der Waals surface area contributed by atoms with Crippen molar-refractivity contribution in [2.45, 2.75) is 0 Å². The molecule has 0 atom stereocenters. The first-order valence-electron chi connectivity index (χ1n) is 2.44. The Labute approximate surface area is 51.9 Å².